The Balaban J connectivity index is 1.50. The Bertz CT molecular complexity index is 787. The van der Waals surface area contributed by atoms with Crippen molar-refractivity contribution in [2.75, 3.05) is 19.7 Å². The van der Waals surface area contributed by atoms with Gasteiger partial charge in [-0.2, -0.15) is 0 Å². The van der Waals surface area contributed by atoms with Gasteiger partial charge in [0.05, 0.1) is 12.2 Å². The van der Waals surface area contributed by atoms with Crippen molar-refractivity contribution in [2.24, 2.45) is 12.5 Å². The number of rotatable bonds is 3. The molecule has 1 aliphatic carbocycles. The number of hydrogen-bond donors (Lipinski definition) is 1. The molecule has 1 N–H and O–H groups in total. The van der Waals surface area contributed by atoms with E-state index >= 15 is 0 Å². The number of piperidine rings is 1. The van der Waals surface area contributed by atoms with Crippen molar-refractivity contribution >= 4 is 16.8 Å². The number of likely N-dealkylation sites (tertiary alicyclic amines) is 1. The summed E-state index contributed by atoms with van der Waals surface area (Å²) in [6, 6.07) is 10.0. The van der Waals surface area contributed by atoms with Gasteiger partial charge in [0.1, 0.15) is 5.69 Å². The van der Waals surface area contributed by atoms with Crippen LogP contribution in [0.5, 0.6) is 0 Å². The van der Waals surface area contributed by atoms with Crippen LogP contribution in [0.1, 0.15) is 36.7 Å². The van der Waals surface area contributed by atoms with Crippen LogP contribution in [0.15, 0.2) is 30.3 Å². The lowest BCUT2D eigenvalue weighted by Gasteiger charge is -2.56. The van der Waals surface area contributed by atoms with Crippen molar-refractivity contribution in [1.29, 1.82) is 0 Å². The Hall–Kier alpha value is -1.85. The number of hydrogen-bond acceptors (Lipinski definition) is 3. The number of carbonyl (C=O) groups is 1. The Morgan fingerprint density at radius 1 is 1.32 bits per heavy atom. The zero-order valence-corrected chi connectivity index (χ0v) is 14.9. The number of aliphatic hydroxyl groups excluding tert-OH is 1. The van der Waals surface area contributed by atoms with Crippen molar-refractivity contribution in [2.45, 2.75) is 38.4 Å². The third-order valence-electron chi connectivity index (χ3n) is 6.26. The minimum absolute atomic E-state index is 0.0790. The largest absolute Gasteiger partial charge is 0.392 e. The topological polar surface area (TPSA) is 54.7 Å². The lowest BCUT2D eigenvalue weighted by Crippen LogP contribution is -2.62. The number of aryl methyl sites for hydroxylation is 1. The van der Waals surface area contributed by atoms with E-state index in [1.165, 1.54) is 0 Å². The smallest absolute Gasteiger partial charge is 0.270 e. The highest BCUT2D eigenvalue weighted by Gasteiger charge is 2.56. The molecular formula is C20H26N2O3. The van der Waals surface area contributed by atoms with Gasteiger partial charge >= 0.3 is 0 Å². The first kappa shape index (κ1) is 16.6. The summed E-state index contributed by atoms with van der Waals surface area (Å²) in [6.07, 6.45) is 2.20. The number of ether oxygens (including phenoxy) is 1. The molecule has 1 saturated heterocycles. The maximum Gasteiger partial charge on any atom is 0.270 e. The lowest BCUT2D eigenvalue weighted by atomic mass is 9.58. The van der Waals surface area contributed by atoms with Crippen LogP contribution in [-0.4, -0.2) is 52.4 Å². The molecular weight excluding hydrogens is 316 g/mol. The molecule has 2 heterocycles. The molecule has 2 aromatic rings. The summed E-state index contributed by atoms with van der Waals surface area (Å²) in [5.41, 5.74) is 1.66. The second-order valence-electron chi connectivity index (χ2n) is 7.37. The van der Waals surface area contributed by atoms with E-state index in [1.807, 2.05) is 53.8 Å². The fraction of sp³-hybridized carbons (Fsp3) is 0.550. The van der Waals surface area contributed by atoms with E-state index in [1.54, 1.807) is 0 Å². The summed E-state index contributed by atoms with van der Waals surface area (Å²) in [7, 11) is 1.95. The Morgan fingerprint density at radius 2 is 2.04 bits per heavy atom. The van der Waals surface area contributed by atoms with Crippen molar-refractivity contribution < 1.29 is 14.6 Å². The monoisotopic (exact) mass is 342 g/mol. The van der Waals surface area contributed by atoms with Crippen LogP contribution in [0.3, 0.4) is 0 Å². The second kappa shape index (κ2) is 6.15. The molecule has 1 amide bonds. The zero-order chi connectivity index (χ0) is 17.6. The average molecular weight is 342 g/mol. The maximum atomic E-state index is 13.0. The van der Waals surface area contributed by atoms with Crippen molar-refractivity contribution in [1.82, 2.24) is 9.47 Å². The molecule has 1 aliphatic heterocycles. The van der Waals surface area contributed by atoms with Crippen molar-refractivity contribution in [3.8, 4) is 0 Å². The quantitative estimate of drug-likeness (QED) is 0.933. The first-order chi connectivity index (χ1) is 12.1. The first-order valence-electron chi connectivity index (χ1n) is 9.20. The summed E-state index contributed by atoms with van der Waals surface area (Å²) >= 11 is 0. The van der Waals surface area contributed by atoms with Crippen LogP contribution < -0.4 is 0 Å². The molecule has 2 aliphatic rings. The minimum Gasteiger partial charge on any atom is -0.392 e. The predicted molar refractivity (Wildman–Crippen MR) is 96.5 cm³/mol. The Labute approximate surface area is 148 Å². The third-order valence-corrected chi connectivity index (χ3v) is 6.26. The van der Waals surface area contributed by atoms with E-state index in [0.717, 1.165) is 35.9 Å². The van der Waals surface area contributed by atoms with Gasteiger partial charge in [0, 0.05) is 49.5 Å². The summed E-state index contributed by atoms with van der Waals surface area (Å²) < 4.78 is 7.79. The highest BCUT2D eigenvalue weighted by atomic mass is 16.5. The van der Waals surface area contributed by atoms with Crippen molar-refractivity contribution in [3.05, 3.63) is 36.0 Å². The number of fused-ring (bicyclic) bond motifs is 1. The van der Waals surface area contributed by atoms with Crippen LogP contribution >= 0.6 is 0 Å². The molecule has 134 valence electrons. The molecule has 1 aromatic carbocycles. The average Bonchev–Trinajstić information content (AvgIpc) is 2.98. The van der Waals surface area contributed by atoms with Crippen LogP contribution in [0, 0.1) is 5.41 Å². The molecule has 0 unspecified atom stereocenters. The Morgan fingerprint density at radius 3 is 2.68 bits per heavy atom. The van der Waals surface area contributed by atoms with Gasteiger partial charge in [-0.3, -0.25) is 4.79 Å². The molecule has 1 aromatic heterocycles. The van der Waals surface area contributed by atoms with Gasteiger partial charge in [-0.25, -0.2) is 0 Å². The molecule has 4 rings (SSSR count). The van der Waals surface area contributed by atoms with E-state index < -0.39 is 0 Å². The fourth-order valence-electron chi connectivity index (χ4n) is 4.60. The molecule has 25 heavy (non-hydrogen) atoms. The number of nitrogens with zero attached hydrogens (tertiary/aromatic N) is 2. The number of aliphatic hydroxyl groups is 1. The SMILES string of the molecule is CCO[C@@H]1C[C@H](O)C12CCN(C(=O)c1cc3ccccc3n1C)CC2. The van der Waals surface area contributed by atoms with E-state index in [4.69, 9.17) is 4.74 Å². The molecule has 1 spiro atoms. The van der Waals surface area contributed by atoms with Gasteiger partial charge in [0.2, 0.25) is 0 Å². The second-order valence-corrected chi connectivity index (χ2v) is 7.37. The molecule has 0 radical (unpaired) electrons. The molecule has 0 bridgehead atoms. The molecule has 5 heteroatoms. The van der Waals surface area contributed by atoms with E-state index in [-0.39, 0.29) is 23.5 Å². The number of amides is 1. The van der Waals surface area contributed by atoms with Gasteiger partial charge in [-0.05, 0) is 31.9 Å². The Kier molecular flexibility index (Phi) is 4.08. The standard InChI is InChI=1S/C20H26N2O3/c1-3-25-18-13-17(23)20(18)8-10-22(11-9-20)19(24)16-12-14-6-4-5-7-15(14)21(16)2/h4-7,12,17-18,23H,3,8-11,13H2,1-2H3/t17-,18+/m0/s1. The van der Waals surface area contributed by atoms with Crippen LogP contribution in [0.2, 0.25) is 0 Å². The zero-order valence-electron chi connectivity index (χ0n) is 14.9. The molecule has 1 saturated carbocycles. The van der Waals surface area contributed by atoms with Gasteiger partial charge in [0.15, 0.2) is 0 Å². The molecule has 2 atom stereocenters. The highest BCUT2D eigenvalue weighted by molar-refractivity contribution is 5.98. The van der Waals surface area contributed by atoms with E-state index in [0.29, 0.717) is 19.7 Å². The van der Waals surface area contributed by atoms with Crippen LogP contribution in [-0.2, 0) is 11.8 Å². The normalized spacial score (nSPS) is 25.3. The first-order valence-corrected chi connectivity index (χ1v) is 9.20. The molecule has 5 nitrogen and oxygen atoms in total. The number of carbonyl (C=O) groups excluding carboxylic acids is 1. The number of benzene rings is 1. The minimum atomic E-state index is -0.293. The highest BCUT2D eigenvalue weighted by Crippen LogP contribution is 2.51. The van der Waals surface area contributed by atoms with Crippen molar-refractivity contribution in [3.63, 3.8) is 0 Å². The summed E-state index contributed by atoms with van der Waals surface area (Å²) in [6.45, 7) is 4.04. The summed E-state index contributed by atoms with van der Waals surface area (Å²) in [5, 5.41) is 11.4. The maximum absolute atomic E-state index is 13.0. The van der Waals surface area contributed by atoms with Gasteiger partial charge in [-0.1, -0.05) is 18.2 Å². The van der Waals surface area contributed by atoms with E-state index in [9.17, 15) is 9.90 Å². The van der Waals surface area contributed by atoms with Crippen LogP contribution in [0.25, 0.3) is 10.9 Å². The lowest BCUT2D eigenvalue weighted by molar-refractivity contribution is -0.207. The number of para-hydroxylation sites is 1. The van der Waals surface area contributed by atoms with Gasteiger partial charge < -0.3 is 19.3 Å². The van der Waals surface area contributed by atoms with E-state index in [2.05, 4.69) is 0 Å². The fourth-order valence-corrected chi connectivity index (χ4v) is 4.60. The summed E-state index contributed by atoms with van der Waals surface area (Å²) in [5.74, 6) is 0.0790. The summed E-state index contributed by atoms with van der Waals surface area (Å²) in [4.78, 5) is 14.9. The number of aromatic nitrogens is 1. The van der Waals surface area contributed by atoms with Crippen LogP contribution in [0.4, 0.5) is 0 Å². The predicted octanol–water partition coefficient (Wildman–Crippen LogP) is 2.57. The third kappa shape index (κ3) is 2.49. The van der Waals surface area contributed by atoms with Gasteiger partial charge in [-0.15, -0.1) is 0 Å². The molecule has 2 fully saturated rings. The van der Waals surface area contributed by atoms with Gasteiger partial charge in [0.25, 0.3) is 5.91 Å².